The molecule has 1 aromatic heterocycles. The molecule has 0 bridgehead atoms. The van der Waals surface area contributed by atoms with E-state index in [0.717, 1.165) is 5.69 Å². The number of pyridine rings is 1. The van der Waals surface area contributed by atoms with Gasteiger partial charge in [0.1, 0.15) is 0 Å². The van der Waals surface area contributed by atoms with Crippen LogP contribution >= 0.6 is 0 Å². The highest BCUT2D eigenvalue weighted by atomic mass is 32.2. The second kappa shape index (κ2) is 6.17. The van der Waals surface area contributed by atoms with Gasteiger partial charge in [-0.05, 0) is 12.1 Å². The smallest absolute Gasteiger partial charge is 0.214 e. The lowest BCUT2D eigenvalue weighted by Gasteiger charge is -2.17. The van der Waals surface area contributed by atoms with Gasteiger partial charge >= 0.3 is 0 Å². The normalized spacial score (nSPS) is 24.4. The van der Waals surface area contributed by atoms with Crippen molar-refractivity contribution >= 4 is 10.0 Å². The van der Waals surface area contributed by atoms with E-state index in [1.807, 2.05) is 23.1 Å². The summed E-state index contributed by atoms with van der Waals surface area (Å²) in [6, 6.07) is 5.70. The number of hydrogen-bond donors (Lipinski definition) is 1. The second-order valence-electron chi connectivity index (χ2n) is 5.40. The van der Waals surface area contributed by atoms with Crippen molar-refractivity contribution < 1.29 is 13.5 Å². The van der Waals surface area contributed by atoms with Crippen molar-refractivity contribution in [3.63, 3.8) is 0 Å². The molecule has 0 amide bonds. The molecule has 2 heterocycles. The summed E-state index contributed by atoms with van der Waals surface area (Å²) in [7, 11) is -0.247. The van der Waals surface area contributed by atoms with E-state index in [4.69, 9.17) is 0 Å². The van der Waals surface area contributed by atoms with Gasteiger partial charge in [0.15, 0.2) is 0 Å². The van der Waals surface area contributed by atoms with E-state index in [0.29, 0.717) is 19.6 Å². The van der Waals surface area contributed by atoms with Crippen molar-refractivity contribution in [2.75, 3.05) is 32.9 Å². The Kier molecular flexibility index (Phi) is 4.74. The molecule has 1 aromatic rings. The molecule has 1 saturated heterocycles. The van der Waals surface area contributed by atoms with Crippen LogP contribution in [0.1, 0.15) is 5.69 Å². The van der Waals surface area contributed by atoms with Crippen molar-refractivity contribution in [2.24, 2.45) is 5.92 Å². The van der Waals surface area contributed by atoms with Gasteiger partial charge in [-0.25, -0.2) is 12.7 Å². The monoisotopic (exact) mass is 299 g/mol. The first kappa shape index (κ1) is 15.4. The number of rotatable bonds is 5. The zero-order chi connectivity index (χ0) is 14.8. The van der Waals surface area contributed by atoms with Crippen LogP contribution in [0, 0.1) is 5.92 Å². The predicted molar refractivity (Wildman–Crippen MR) is 76.5 cm³/mol. The number of aliphatic hydroxyl groups is 1. The summed E-state index contributed by atoms with van der Waals surface area (Å²) in [5.41, 5.74) is 0.927. The van der Waals surface area contributed by atoms with Gasteiger partial charge in [0.2, 0.25) is 10.0 Å². The fraction of sp³-hybridized carbons (Fsp3) is 0.615. The molecule has 0 saturated carbocycles. The van der Waals surface area contributed by atoms with E-state index in [1.165, 1.54) is 18.4 Å². The molecule has 0 aliphatic carbocycles. The Morgan fingerprint density at radius 3 is 2.75 bits per heavy atom. The number of sulfonamides is 1. The Morgan fingerprint density at radius 1 is 1.40 bits per heavy atom. The van der Waals surface area contributed by atoms with Gasteiger partial charge in [-0.2, -0.15) is 0 Å². The lowest BCUT2D eigenvalue weighted by Crippen LogP contribution is -2.33. The van der Waals surface area contributed by atoms with Crippen LogP contribution in [0.5, 0.6) is 0 Å². The molecule has 6 nitrogen and oxygen atoms in total. The SMILES string of the molecule is CN(C)S(=O)(=O)C[C@@H]1CN(Cc2ccccn2)C[C@H]1O. The summed E-state index contributed by atoms with van der Waals surface area (Å²) < 4.78 is 25.0. The summed E-state index contributed by atoms with van der Waals surface area (Å²) in [4.78, 5) is 6.29. The second-order valence-corrected chi connectivity index (χ2v) is 7.63. The van der Waals surface area contributed by atoms with Crippen LogP contribution in [-0.4, -0.2) is 66.8 Å². The topological polar surface area (TPSA) is 73.7 Å². The number of likely N-dealkylation sites (tertiary alicyclic amines) is 1. The average Bonchev–Trinajstić information content (AvgIpc) is 2.70. The third kappa shape index (κ3) is 3.76. The number of aromatic nitrogens is 1. The van der Waals surface area contributed by atoms with Crippen LogP contribution in [0.15, 0.2) is 24.4 Å². The molecule has 0 spiro atoms. The minimum atomic E-state index is -3.28. The average molecular weight is 299 g/mol. The molecule has 1 aliphatic rings. The molecule has 20 heavy (non-hydrogen) atoms. The zero-order valence-corrected chi connectivity index (χ0v) is 12.6. The summed E-state index contributed by atoms with van der Waals surface area (Å²) in [6.45, 7) is 1.70. The Bertz CT molecular complexity index is 533. The molecule has 0 aromatic carbocycles. The van der Waals surface area contributed by atoms with E-state index in [9.17, 15) is 13.5 Å². The molecule has 7 heteroatoms. The standard InChI is InChI=1S/C13H21N3O3S/c1-15(2)20(18,19)10-11-7-16(9-13(11)17)8-12-5-3-4-6-14-12/h3-6,11,13,17H,7-10H2,1-2H3/t11-,13+/m0/s1. The molecule has 1 fully saturated rings. The van der Waals surface area contributed by atoms with Crippen LogP contribution in [-0.2, 0) is 16.6 Å². The fourth-order valence-corrected chi connectivity index (χ4v) is 3.54. The van der Waals surface area contributed by atoms with Crippen LogP contribution < -0.4 is 0 Å². The van der Waals surface area contributed by atoms with Gasteiger partial charge in [-0.3, -0.25) is 9.88 Å². The van der Waals surface area contributed by atoms with Gasteiger partial charge < -0.3 is 5.11 Å². The van der Waals surface area contributed by atoms with Crippen molar-refractivity contribution in [3.05, 3.63) is 30.1 Å². The third-order valence-corrected chi connectivity index (χ3v) is 5.54. The van der Waals surface area contributed by atoms with Crippen LogP contribution in [0.2, 0.25) is 0 Å². The molecule has 0 unspecified atom stereocenters. The molecule has 2 atom stereocenters. The summed E-state index contributed by atoms with van der Waals surface area (Å²) in [5, 5.41) is 10.0. The lowest BCUT2D eigenvalue weighted by atomic mass is 10.1. The quantitative estimate of drug-likeness (QED) is 0.813. The maximum Gasteiger partial charge on any atom is 0.214 e. The summed E-state index contributed by atoms with van der Waals surface area (Å²) >= 11 is 0. The van der Waals surface area contributed by atoms with E-state index in [-0.39, 0.29) is 11.7 Å². The summed E-state index contributed by atoms with van der Waals surface area (Å²) in [6.07, 6.45) is 1.13. The molecule has 1 N–H and O–H groups in total. The highest BCUT2D eigenvalue weighted by molar-refractivity contribution is 7.89. The zero-order valence-electron chi connectivity index (χ0n) is 11.8. The number of hydrogen-bond acceptors (Lipinski definition) is 5. The van der Waals surface area contributed by atoms with Gasteiger partial charge in [-0.15, -0.1) is 0 Å². The minimum Gasteiger partial charge on any atom is -0.391 e. The van der Waals surface area contributed by atoms with E-state index >= 15 is 0 Å². The molecule has 112 valence electrons. The largest absolute Gasteiger partial charge is 0.391 e. The molecule has 0 radical (unpaired) electrons. The first-order chi connectivity index (χ1) is 9.38. The molecular weight excluding hydrogens is 278 g/mol. The Labute approximate surface area is 120 Å². The predicted octanol–water partition coefficient (Wildman–Crippen LogP) is -0.234. The van der Waals surface area contributed by atoms with Crippen LogP contribution in [0.3, 0.4) is 0 Å². The number of nitrogens with zero attached hydrogens (tertiary/aromatic N) is 3. The van der Waals surface area contributed by atoms with Crippen molar-refractivity contribution in [1.82, 2.24) is 14.2 Å². The fourth-order valence-electron chi connectivity index (χ4n) is 2.37. The van der Waals surface area contributed by atoms with E-state index in [1.54, 1.807) is 6.20 Å². The number of aliphatic hydroxyl groups excluding tert-OH is 1. The highest BCUT2D eigenvalue weighted by Gasteiger charge is 2.35. The Balaban J connectivity index is 1.96. The maximum atomic E-state index is 11.9. The van der Waals surface area contributed by atoms with Gasteiger partial charge in [0.05, 0.1) is 17.6 Å². The van der Waals surface area contributed by atoms with Gasteiger partial charge in [0, 0.05) is 45.8 Å². The first-order valence-corrected chi connectivity index (χ1v) is 8.20. The van der Waals surface area contributed by atoms with Crippen molar-refractivity contribution in [3.8, 4) is 0 Å². The van der Waals surface area contributed by atoms with Crippen molar-refractivity contribution in [2.45, 2.75) is 12.6 Å². The highest BCUT2D eigenvalue weighted by Crippen LogP contribution is 2.21. The molecule has 2 rings (SSSR count). The lowest BCUT2D eigenvalue weighted by molar-refractivity contribution is 0.148. The minimum absolute atomic E-state index is 0.0140. The van der Waals surface area contributed by atoms with Crippen LogP contribution in [0.4, 0.5) is 0 Å². The first-order valence-electron chi connectivity index (χ1n) is 6.59. The van der Waals surface area contributed by atoms with Crippen molar-refractivity contribution in [1.29, 1.82) is 0 Å². The van der Waals surface area contributed by atoms with E-state index in [2.05, 4.69) is 4.98 Å². The Hall–Kier alpha value is -1.02. The maximum absolute atomic E-state index is 11.9. The van der Waals surface area contributed by atoms with E-state index < -0.39 is 16.1 Å². The Morgan fingerprint density at radius 2 is 2.15 bits per heavy atom. The summed E-state index contributed by atoms with van der Waals surface area (Å²) in [5.74, 6) is -0.258. The molecular formula is C13H21N3O3S. The van der Waals surface area contributed by atoms with Gasteiger partial charge in [-0.1, -0.05) is 6.07 Å². The molecule has 1 aliphatic heterocycles. The van der Waals surface area contributed by atoms with Gasteiger partial charge in [0.25, 0.3) is 0 Å². The number of β-amino-alcohol motifs (C(OH)–C–C–N with tert-alkyl or cyclic N) is 1. The van der Waals surface area contributed by atoms with Crippen LogP contribution in [0.25, 0.3) is 0 Å². The third-order valence-electron chi connectivity index (χ3n) is 3.57.